The molecule has 3 aliphatic heterocycles. The second kappa shape index (κ2) is 4.68. The van der Waals surface area contributed by atoms with Crippen LogP contribution in [0.1, 0.15) is 38.4 Å². The van der Waals surface area contributed by atoms with Gasteiger partial charge in [0.15, 0.2) is 5.60 Å². The molecule has 0 amide bonds. The van der Waals surface area contributed by atoms with Crippen molar-refractivity contribution in [3.8, 4) is 0 Å². The molecule has 136 valence electrons. The molecule has 5 aliphatic rings. The fourth-order valence-corrected chi connectivity index (χ4v) is 5.64. The molecule has 26 heavy (non-hydrogen) atoms. The van der Waals surface area contributed by atoms with E-state index in [2.05, 4.69) is 0 Å². The number of esters is 2. The summed E-state index contributed by atoms with van der Waals surface area (Å²) in [5, 5.41) is 11.1. The van der Waals surface area contributed by atoms with E-state index in [1.807, 2.05) is 19.9 Å². The van der Waals surface area contributed by atoms with E-state index in [0.29, 0.717) is 18.4 Å². The van der Waals surface area contributed by atoms with Crippen LogP contribution in [0.5, 0.6) is 0 Å². The van der Waals surface area contributed by atoms with Gasteiger partial charge in [-0.2, -0.15) is 0 Å². The fourth-order valence-electron chi connectivity index (χ4n) is 5.64. The molecule has 4 heterocycles. The Hall–Kier alpha value is -2.34. The van der Waals surface area contributed by atoms with Crippen molar-refractivity contribution in [1.82, 2.24) is 0 Å². The van der Waals surface area contributed by atoms with Gasteiger partial charge in [0.1, 0.15) is 12.2 Å². The number of carbonyl (C=O) groups is 2. The maximum Gasteiger partial charge on any atom is 0.343 e. The van der Waals surface area contributed by atoms with Gasteiger partial charge in [-0.15, -0.1) is 0 Å². The SMILES string of the molecule is C[C@@]12C[C@H](c3ccoc3)OC(=O)C1=CC[C@]1(C)[C@H]2[C@H]2C=C[C@]1(O)C(=O)O2. The van der Waals surface area contributed by atoms with Crippen LogP contribution in [-0.4, -0.2) is 28.8 Å². The van der Waals surface area contributed by atoms with Crippen molar-refractivity contribution in [2.24, 2.45) is 16.7 Å². The van der Waals surface area contributed by atoms with Crippen LogP contribution in [0.3, 0.4) is 0 Å². The third-order valence-corrected chi connectivity index (χ3v) is 6.99. The Kier molecular flexibility index (Phi) is 2.86. The summed E-state index contributed by atoms with van der Waals surface area (Å²) in [5.74, 6) is -1.17. The second-order valence-corrected chi connectivity index (χ2v) is 8.28. The molecule has 1 aromatic heterocycles. The number of carbonyl (C=O) groups excluding carboxylic acids is 2. The molecule has 2 bridgehead atoms. The Morgan fingerprint density at radius 1 is 1.23 bits per heavy atom. The van der Waals surface area contributed by atoms with Crippen LogP contribution in [0.4, 0.5) is 0 Å². The number of hydrogen-bond acceptors (Lipinski definition) is 6. The Bertz CT molecular complexity index is 867. The van der Waals surface area contributed by atoms with Crippen LogP contribution in [-0.2, 0) is 19.1 Å². The van der Waals surface area contributed by atoms with E-state index in [4.69, 9.17) is 13.9 Å². The summed E-state index contributed by atoms with van der Waals surface area (Å²) in [7, 11) is 0. The minimum atomic E-state index is -1.68. The van der Waals surface area contributed by atoms with Crippen molar-refractivity contribution >= 4 is 11.9 Å². The van der Waals surface area contributed by atoms with Gasteiger partial charge in [-0.05, 0) is 31.1 Å². The average Bonchev–Trinajstić information content (AvgIpc) is 3.10. The molecule has 0 saturated carbocycles. The summed E-state index contributed by atoms with van der Waals surface area (Å²) in [6, 6.07) is 1.79. The predicted molar refractivity (Wildman–Crippen MR) is 88.5 cm³/mol. The Labute approximate surface area is 150 Å². The first-order valence-electron chi connectivity index (χ1n) is 8.86. The van der Waals surface area contributed by atoms with Crippen LogP contribution >= 0.6 is 0 Å². The van der Waals surface area contributed by atoms with E-state index in [1.54, 1.807) is 30.7 Å². The Balaban J connectivity index is 1.65. The third-order valence-electron chi connectivity index (χ3n) is 6.99. The zero-order valence-corrected chi connectivity index (χ0v) is 14.6. The lowest BCUT2D eigenvalue weighted by atomic mass is 9.45. The molecule has 6 rings (SSSR count). The standard InChI is InChI=1S/C20H20O6/c1-18-9-14(11-5-8-24-10-11)25-16(21)12(18)3-6-19(2)15(18)13-4-7-20(19,23)17(22)26-13/h3-5,7-8,10,13-15,23H,6,9H2,1-2H3/t13-,14-,15+,18-,19-,20+/m1/s1. The summed E-state index contributed by atoms with van der Waals surface area (Å²) in [6.07, 6.45) is 8.36. The molecule has 2 fully saturated rings. The quantitative estimate of drug-likeness (QED) is 0.614. The van der Waals surface area contributed by atoms with Crippen LogP contribution < -0.4 is 0 Å². The topological polar surface area (TPSA) is 86.0 Å². The molecule has 0 unspecified atom stereocenters. The van der Waals surface area contributed by atoms with Gasteiger partial charge in [0.2, 0.25) is 0 Å². The first kappa shape index (κ1) is 15.9. The molecule has 6 nitrogen and oxygen atoms in total. The van der Waals surface area contributed by atoms with Crippen molar-refractivity contribution in [2.75, 3.05) is 0 Å². The Morgan fingerprint density at radius 3 is 2.73 bits per heavy atom. The van der Waals surface area contributed by atoms with Gasteiger partial charge in [0.25, 0.3) is 0 Å². The number of cyclic esters (lactones) is 1. The molecular weight excluding hydrogens is 336 g/mol. The molecule has 0 aromatic carbocycles. The van der Waals surface area contributed by atoms with Gasteiger partial charge in [-0.3, -0.25) is 0 Å². The molecular formula is C20H20O6. The Morgan fingerprint density at radius 2 is 2.04 bits per heavy atom. The molecule has 2 aliphatic carbocycles. The molecule has 1 aromatic rings. The number of fused-ring (bicyclic) bond motifs is 2. The number of ether oxygens (including phenoxy) is 2. The van der Waals surface area contributed by atoms with Gasteiger partial charge in [-0.25, -0.2) is 9.59 Å². The van der Waals surface area contributed by atoms with Crippen LogP contribution in [0.15, 0.2) is 46.8 Å². The van der Waals surface area contributed by atoms with Crippen LogP contribution in [0.25, 0.3) is 0 Å². The number of allylic oxidation sites excluding steroid dienone is 1. The molecule has 6 heteroatoms. The van der Waals surface area contributed by atoms with Crippen LogP contribution in [0, 0.1) is 16.7 Å². The summed E-state index contributed by atoms with van der Waals surface area (Å²) < 4.78 is 16.3. The summed E-state index contributed by atoms with van der Waals surface area (Å²) >= 11 is 0. The van der Waals surface area contributed by atoms with E-state index < -0.39 is 34.6 Å². The van der Waals surface area contributed by atoms with E-state index in [1.165, 1.54) is 0 Å². The zero-order chi connectivity index (χ0) is 18.3. The van der Waals surface area contributed by atoms with Crippen molar-refractivity contribution < 1.29 is 28.6 Å². The lowest BCUT2D eigenvalue weighted by molar-refractivity contribution is -0.232. The smallest absolute Gasteiger partial charge is 0.343 e. The second-order valence-electron chi connectivity index (χ2n) is 8.28. The minimum Gasteiger partial charge on any atom is -0.472 e. The van der Waals surface area contributed by atoms with Crippen molar-refractivity contribution in [3.63, 3.8) is 0 Å². The summed E-state index contributed by atoms with van der Waals surface area (Å²) in [4.78, 5) is 25.1. The highest BCUT2D eigenvalue weighted by atomic mass is 16.6. The van der Waals surface area contributed by atoms with Gasteiger partial charge in [0.05, 0.1) is 12.5 Å². The highest BCUT2D eigenvalue weighted by Crippen LogP contribution is 2.65. The maximum atomic E-state index is 12.8. The molecule has 0 spiro atoms. The van der Waals surface area contributed by atoms with Crippen molar-refractivity contribution in [2.45, 2.75) is 44.5 Å². The zero-order valence-electron chi connectivity index (χ0n) is 14.6. The molecule has 1 N–H and O–H groups in total. The van der Waals surface area contributed by atoms with Gasteiger partial charge in [0, 0.05) is 27.9 Å². The summed E-state index contributed by atoms with van der Waals surface area (Å²) in [5.41, 5.74) is -1.59. The first-order valence-corrected chi connectivity index (χ1v) is 8.86. The first-order chi connectivity index (χ1) is 12.3. The fraction of sp³-hybridized carbons (Fsp3) is 0.500. The third kappa shape index (κ3) is 1.66. The minimum absolute atomic E-state index is 0.218. The molecule has 0 radical (unpaired) electrons. The van der Waals surface area contributed by atoms with E-state index in [-0.39, 0.29) is 11.9 Å². The number of furan rings is 1. The number of hydrogen-bond donors (Lipinski definition) is 1. The normalized spacial score (nSPS) is 46.1. The number of rotatable bonds is 1. The van der Waals surface area contributed by atoms with E-state index in [9.17, 15) is 14.7 Å². The monoisotopic (exact) mass is 356 g/mol. The predicted octanol–water partition coefficient (Wildman–Crippen LogP) is 2.45. The van der Waals surface area contributed by atoms with E-state index >= 15 is 0 Å². The van der Waals surface area contributed by atoms with Gasteiger partial charge >= 0.3 is 11.9 Å². The summed E-state index contributed by atoms with van der Waals surface area (Å²) in [6.45, 7) is 3.93. The molecule has 6 atom stereocenters. The average molecular weight is 356 g/mol. The lowest BCUT2D eigenvalue weighted by Crippen LogP contribution is -2.70. The van der Waals surface area contributed by atoms with Crippen LogP contribution in [0.2, 0.25) is 0 Å². The van der Waals surface area contributed by atoms with Gasteiger partial charge in [-0.1, -0.05) is 19.9 Å². The van der Waals surface area contributed by atoms with E-state index in [0.717, 1.165) is 5.56 Å². The number of aliphatic hydroxyl groups is 1. The van der Waals surface area contributed by atoms with Crippen molar-refractivity contribution in [3.05, 3.63) is 48.0 Å². The highest BCUT2D eigenvalue weighted by Gasteiger charge is 2.71. The molecule has 2 saturated heterocycles. The lowest BCUT2D eigenvalue weighted by Gasteiger charge is -2.63. The highest BCUT2D eigenvalue weighted by molar-refractivity contribution is 5.92. The largest absolute Gasteiger partial charge is 0.472 e. The maximum absolute atomic E-state index is 12.8. The van der Waals surface area contributed by atoms with Crippen molar-refractivity contribution in [1.29, 1.82) is 0 Å². The van der Waals surface area contributed by atoms with Gasteiger partial charge < -0.3 is 19.0 Å².